The van der Waals surface area contributed by atoms with E-state index < -0.39 is 0 Å². The lowest BCUT2D eigenvalue weighted by atomic mass is 10.1. The SMILES string of the molecule is CCNCCCNC(=O)c1cc(Br)ccc1C. The van der Waals surface area contributed by atoms with E-state index in [2.05, 4.69) is 33.5 Å². The Labute approximate surface area is 111 Å². The molecule has 0 aliphatic rings. The molecular weight excluding hydrogens is 280 g/mol. The molecule has 1 aromatic rings. The van der Waals surface area contributed by atoms with Crippen molar-refractivity contribution < 1.29 is 4.79 Å². The Morgan fingerprint density at radius 3 is 2.82 bits per heavy atom. The van der Waals surface area contributed by atoms with Gasteiger partial charge in [-0.2, -0.15) is 0 Å². The Hall–Kier alpha value is -0.870. The predicted molar refractivity (Wildman–Crippen MR) is 74.4 cm³/mol. The van der Waals surface area contributed by atoms with Gasteiger partial charge in [0.1, 0.15) is 0 Å². The lowest BCUT2D eigenvalue weighted by Crippen LogP contribution is -2.27. The van der Waals surface area contributed by atoms with E-state index in [1.165, 1.54) is 0 Å². The molecule has 17 heavy (non-hydrogen) atoms. The summed E-state index contributed by atoms with van der Waals surface area (Å²) in [5, 5.41) is 6.15. The van der Waals surface area contributed by atoms with Crippen molar-refractivity contribution in [3.8, 4) is 0 Å². The Kier molecular flexibility index (Phi) is 6.22. The number of carbonyl (C=O) groups excluding carboxylic acids is 1. The van der Waals surface area contributed by atoms with Crippen LogP contribution >= 0.6 is 15.9 Å². The van der Waals surface area contributed by atoms with Crippen LogP contribution in [0.4, 0.5) is 0 Å². The van der Waals surface area contributed by atoms with Crippen molar-refractivity contribution in [1.29, 1.82) is 0 Å². The van der Waals surface area contributed by atoms with Crippen LogP contribution in [-0.4, -0.2) is 25.5 Å². The van der Waals surface area contributed by atoms with Crippen molar-refractivity contribution in [2.45, 2.75) is 20.3 Å². The largest absolute Gasteiger partial charge is 0.352 e. The zero-order chi connectivity index (χ0) is 12.7. The zero-order valence-corrected chi connectivity index (χ0v) is 11.9. The molecule has 2 N–H and O–H groups in total. The average molecular weight is 299 g/mol. The number of carbonyl (C=O) groups is 1. The molecule has 1 aromatic carbocycles. The molecular formula is C13H19BrN2O. The maximum absolute atomic E-state index is 11.9. The highest BCUT2D eigenvalue weighted by Gasteiger charge is 2.08. The van der Waals surface area contributed by atoms with Gasteiger partial charge in [-0.3, -0.25) is 4.79 Å². The molecule has 0 unspecified atom stereocenters. The van der Waals surface area contributed by atoms with Gasteiger partial charge in [-0.15, -0.1) is 0 Å². The molecule has 0 atom stereocenters. The summed E-state index contributed by atoms with van der Waals surface area (Å²) in [6, 6.07) is 5.74. The summed E-state index contributed by atoms with van der Waals surface area (Å²) in [4.78, 5) is 11.9. The number of hydrogen-bond donors (Lipinski definition) is 2. The summed E-state index contributed by atoms with van der Waals surface area (Å²) in [5.41, 5.74) is 1.74. The molecule has 0 aliphatic heterocycles. The normalized spacial score (nSPS) is 10.3. The van der Waals surface area contributed by atoms with Gasteiger partial charge in [-0.1, -0.05) is 28.9 Å². The van der Waals surface area contributed by atoms with E-state index in [4.69, 9.17) is 0 Å². The monoisotopic (exact) mass is 298 g/mol. The molecule has 0 bridgehead atoms. The van der Waals surface area contributed by atoms with Crippen LogP contribution in [-0.2, 0) is 0 Å². The molecule has 4 heteroatoms. The number of aryl methyl sites for hydroxylation is 1. The highest BCUT2D eigenvalue weighted by Crippen LogP contribution is 2.15. The van der Waals surface area contributed by atoms with Gasteiger partial charge in [-0.25, -0.2) is 0 Å². The van der Waals surface area contributed by atoms with Crippen LogP contribution in [0.15, 0.2) is 22.7 Å². The molecule has 0 heterocycles. The Morgan fingerprint density at radius 1 is 1.35 bits per heavy atom. The zero-order valence-electron chi connectivity index (χ0n) is 10.3. The number of nitrogens with one attached hydrogen (secondary N) is 2. The lowest BCUT2D eigenvalue weighted by Gasteiger charge is -2.08. The molecule has 1 amide bonds. The fourth-order valence-corrected chi connectivity index (χ4v) is 1.89. The Morgan fingerprint density at radius 2 is 2.12 bits per heavy atom. The minimum Gasteiger partial charge on any atom is -0.352 e. The number of rotatable bonds is 6. The minimum atomic E-state index is 0.000276. The Balaban J connectivity index is 2.44. The van der Waals surface area contributed by atoms with Crippen LogP contribution in [0.1, 0.15) is 29.3 Å². The van der Waals surface area contributed by atoms with Gasteiger partial charge in [0.2, 0.25) is 0 Å². The van der Waals surface area contributed by atoms with E-state index in [9.17, 15) is 4.79 Å². The lowest BCUT2D eigenvalue weighted by molar-refractivity contribution is 0.0952. The van der Waals surface area contributed by atoms with Crippen molar-refractivity contribution in [3.05, 3.63) is 33.8 Å². The van der Waals surface area contributed by atoms with E-state index >= 15 is 0 Å². The third-order valence-corrected chi connectivity index (χ3v) is 3.00. The molecule has 0 radical (unpaired) electrons. The molecule has 0 fully saturated rings. The highest BCUT2D eigenvalue weighted by molar-refractivity contribution is 9.10. The maximum atomic E-state index is 11.9. The first kappa shape index (κ1) is 14.2. The van der Waals surface area contributed by atoms with Gasteiger partial charge in [0.15, 0.2) is 0 Å². The third kappa shape index (κ3) is 4.88. The minimum absolute atomic E-state index is 0.000276. The molecule has 0 saturated heterocycles. The van der Waals surface area contributed by atoms with E-state index in [-0.39, 0.29) is 5.91 Å². The molecule has 1 rings (SSSR count). The van der Waals surface area contributed by atoms with Gasteiger partial charge in [0.25, 0.3) is 5.91 Å². The summed E-state index contributed by atoms with van der Waals surface area (Å²) in [5.74, 6) is 0.000276. The van der Waals surface area contributed by atoms with Gasteiger partial charge < -0.3 is 10.6 Å². The quantitative estimate of drug-likeness (QED) is 0.792. The van der Waals surface area contributed by atoms with Gasteiger partial charge >= 0.3 is 0 Å². The molecule has 3 nitrogen and oxygen atoms in total. The van der Waals surface area contributed by atoms with Crippen molar-refractivity contribution in [2.75, 3.05) is 19.6 Å². The fourth-order valence-electron chi connectivity index (χ4n) is 1.53. The van der Waals surface area contributed by atoms with E-state index in [1.807, 2.05) is 25.1 Å². The van der Waals surface area contributed by atoms with E-state index in [1.54, 1.807) is 0 Å². The number of halogens is 1. The molecule has 94 valence electrons. The van der Waals surface area contributed by atoms with Gasteiger partial charge in [0, 0.05) is 16.6 Å². The van der Waals surface area contributed by atoms with Crippen molar-refractivity contribution >= 4 is 21.8 Å². The average Bonchev–Trinajstić information content (AvgIpc) is 2.32. The molecule has 0 aromatic heterocycles. The second kappa shape index (κ2) is 7.45. The number of hydrogen-bond acceptors (Lipinski definition) is 2. The summed E-state index contributed by atoms with van der Waals surface area (Å²) in [7, 11) is 0. The topological polar surface area (TPSA) is 41.1 Å². The second-order valence-electron chi connectivity index (χ2n) is 3.92. The number of amides is 1. The highest BCUT2D eigenvalue weighted by atomic mass is 79.9. The standard InChI is InChI=1S/C13H19BrN2O/c1-3-15-7-4-8-16-13(17)12-9-11(14)6-5-10(12)2/h5-6,9,15H,3-4,7-8H2,1-2H3,(H,16,17). The van der Waals surface area contributed by atoms with E-state index in [0.29, 0.717) is 6.54 Å². The van der Waals surface area contributed by atoms with E-state index in [0.717, 1.165) is 35.1 Å². The second-order valence-corrected chi connectivity index (χ2v) is 4.84. The third-order valence-electron chi connectivity index (χ3n) is 2.51. The van der Waals surface area contributed by atoms with Crippen LogP contribution in [0, 0.1) is 6.92 Å². The van der Waals surface area contributed by atoms with Crippen LogP contribution in [0.2, 0.25) is 0 Å². The molecule has 0 spiro atoms. The van der Waals surface area contributed by atoms with Gasteiger partial charge in [0.05, 0.1) is 0 Å². The first-order valence-corrected chi connectivity index (χ1v) is 6.69. The summed E-state index contributed by atoms with van der Waals surface area (Å²) in [6.07, 6.45) is 0.951. The number of benzene rings is 1. The maximum Gasteiger partial charge on any atom is 0.251 e. The van der Waals surface area contributed by atoms with Crippen molar-refractivity contribution in [1.82, 2.24) is 10.6 Å². The summed E-state index contributed by atoms with van der Waals surface area (Å²) < 4.78 is 0.931. The molecule has 0 aliphatic carbocycles. The van der Waals surface area contributed by atoms with Crippen LogP contribution < -0.4 is 10.6 Å². The first-order chi connectivity index (χ1) is 8.15. The summed E-state index contributed by atoms with van der Waals surface area (Å²) in [6.45, 7) is 6.63. The van der Waals surface area contributed by atoms with Crippen LogP contribution in [0.25, 0.3) is 0 Å². The van der Waals surface area contributed by atoms with Crippen LogP contribution in [0.3, 0.4) is 0 Å². The molecule has 0 saturated carbocycles. The van der Waals surface area contributed by atoms with Crippen molar-refractivity contribution in [3.63, 3.8) is 0 Å². The van der Waals surface area contributed by atoms with Crippen molar-refractivity contribution in [2.24, 2.45) is 0 Å². The predicted octanol–water partition coefficient (Wildman–Crippen LogP) is 2.49. The summed E-state index contributed by atoms with van der Waals surface area (Å²) >= 11 is 3.38. The van der Waals surface area contributed by atoms with Gasteiger partial charge in [-0.05, 0) is 44.1 Å². The smallest absolute Gasteiger partial charge is 0.251 e. The van der Waals surface area contributed by atoms with Crippen LogP contribution in [0.5, 0.6) is 0 Å². The Bertz CT molecular complexity index is 380. The fraction of sp³-hybridized carbons (Fsp3) is 0.462. The first-order valence-electron chi connectivity index (χ1n) is 5.90.